The van der Waals surface area contributed by atoms with Crippen molar-refractivity contribution >= 4 is 57.8 Å². The summed E-state index contributed by atoms with van der Waals surface area (Å²) in [7, 11) is 23.4. The molecule has 3 aromatic rings. The van der Waals surface area contributed by atoms with Crippen molar-refractivity contribution in [2.75, 3.05) is 114 Å². The van der Waals surface area contributed by atoms with Gasteiger partial charge in [0.2, 0.25) is 0 Å². The zero-order chi connectivity index (χ0) is 37.9. The van der Waals surface area contributed by atoms with E-state index in [1.807, 2.05) is 0 Å². The fourth-order valence-electron chi connectivity index (χ4n) is 8.42. The molecule has 0 N–H and O–H groups in total. The fraction of sp³-hybridized carbons (Fsp3) is 0.476. The SMILES string of the molecule is CC1=C(C)[C]([Ti+3])([Si](c2c(N(C)C)cc(C)cc2N(C)C)(c2c(N(C)C)cc(C)cc2N(C)C)c2c(N(C)C)cc(C)cc2N(C)C)C(C)=C1C.[Cl-].[Cl-].[Cl-]. The summed E-state index contributed by atoms with van der Waals surface area (Å²) < 4.78 is -0.346. The maximum Gasteiger partial charge on any atom is -1.00 e. The molecule has 0 spiro atoms. The number of benzene rings is 3. The molecule has 0 amide bonds. The van der Waals surface area contributed by atoms with Crippen molar-refractivity contribution in [3.63, 3.8) is 0 Å². The van der Waals surface area contributed by atoms with Crippen LogP contribution in [0.1, 0.15) is 44.4 Å². The van der Waals surface area contributed by atoms with Crippen molar-refractivity contribution in [2.24, 2.45) is 0 Å². The number of aryl methyl sites for hydroxylation is 3. The van der Waals surface area contributed by atoms with Crippen LogP contribution in [0.25, 0.3) is 0 Å². The molecule has 6 nitrogen and oxygen atoms in total. The van der Waals surface area contributed by atoms with Crippen LogP contribution in [0.15, 0.2) is 58.7 Å². The van der Waals surface area contributed by atoms with Crippen molar-refractivity contribution < 1.29 is 57.7 Å². The predicted molar refractivity (Wildman–Crippen MR) is 224 cm³/mol. The number of allylic oxidation sites excluding steroid dienone is 4. The Kier molecular flexibility index (Phi) is 16.3. The molecule has 0 fully saturated rings. The molecule has 0 aromatic heterocycles. The smallest absolute Gasteiger partial charge is 1.00 e. The first-order valence-electron chi connectivity index (χ1n) is 17.7. The van der Waals surface area contributed by atoms with Crippen LogP contribution >= 0.6 is 0 Å². The van der Waals surface area contributed by atoms with Crippen LogP contribution in [0.4, 0.5) is 34.1 Å². The molecule has 1 aliphatic carbocycles. The standard InChI is InChI=1S/C42H63N6Si.3ClH.Ti/c1-26-20-33(43(8)9)40(34(21-26)44(10)11)49(39-31(6)29(4)30(5)32(39)7,41-35(45(12)13)22-27(2)23-36(41)46(14)15)42-37(47(16)17)24-28(3)25-38(42)48(18)19;;;;/h20-25H,1-19H3;3*1H;/q;;;;+3/p-3. The van der Waals surface area contributed by atoms with Crippen LogP contribution in [-0.2, 0) is 20.4 Å². The van der Waals surface area contributed by atoms with Gasteiger partial charge in [0.15, 0.2) is 0 Å². The van der Waals surface area contributed by atoms with E-state index in [0.717, 1.165) is 0 Å². The van der Waals surface area contributed by atoms with Gasteiger partial charge in [0.1, 0.15) is 0 Å². The first-order chi connectivity index (χ1) is 23.1. The Balaban J connectivity index is 0.00000468. The summed E-state index contributed by atoms with van der Waals surface area (Å²) in [6.07, 6.45) is 0. The summed E-state index contributed by atoms with van der Waals surface area (Å²) in [6, 6.07) is 14.7. The predicted octanol–water partition coefficient (Wildman–Crippen LogP) is -2.58. The van der Waals surface area contributed by atoms with Crippen LogP contribution in [0.5, 0.6) is 0 Å². The molecule has 0 unspecified atom stereocenters. The van der Waals surface area contributed by atoms with Gasteiger partial charge in [-0.3, -0.25) is 0 Å². The number of halogens is 3. The number of rotatable bonds is 10. The monoisotopic (exact) mass is 832 g/mol. The molecule has 0 radical (unpaired) electrons. The first kappa shape index (κ1) is 48.8. The molecule has 53 heavy (non-hydrogen) atoms. The topological polar surface area (TPSA) is 19.4 Å². The average molecular weight is 834 g/mol. The van der Waals surface area contributed by atoms with E-state index in [1.165, 1.54) is 88.7 Å². The normalized spacial score (nSPS) is 13.6. The summed E-state index contributed by atoms with van der Waals surface area (Å²) in [5.41, 5.74) is 17.3. The van der Waals surface area contributed by atoms with E-state index in [4.69, 9.17) is 0 Å². The van der Waals surface area contributed by atoms with Crippen LogP contribution in [0, 0.1) is 20.8 Å². The molecule has 0 bridgehead atoms. The number of hydrogen-bond donors (Lipinski definition) is 0. The van der Waals surface area contributed by atoms with E-state index < -0.39 is 8.07 Å². The summed E-state index contributed by atoms with van der Waals surface area (Å²) in [5.74, 6) is 0. The van der Waals surface area contributed by atoms with Gasteiger partial charge in [-0.1, -0.05) is 0 Å². The van der Waals surface area contributed by atoms with Crippen molar-refractivity contribution in [1.82, 2.24) is 0 Å². The van der Waals surface area contributed by atoms with E-state index in [9.17, 15) is 0 Å². The fourth-order valence-corrected chi connectivity index (χ4v) is 18.2. The first-order valence-corrected chi connectivity index (χ1v) is 20.5. The Labute approximate surface area is 354 Å². The van der Waals surface area contributed by atoms with Gasteiger partial charge in [-0.05, 0) is 0 Å². The van der Waals surface area contributed by atoms with Crippen molar-refractivity contribution in [2.45, 2.75) is 51.8 Å². The van der Waals surface area contributed by atoms with Gasteiger partial charge in [-0.25, -0.2) is 0 Å². The Bertz CT molecular complexity index is 1600. The van der Waals surface area contributed by atoms with Gasteiger partial charge in [0.05, 0.1) is 0 Å². The van der Waals surface area contributed by atoms with E-state index in [-0.39, 0.29) is 40.6 Å². The Morgan fingerprint density at radius 1 is 0.377 bits per heavy atom. The van der Waals surface area contributed by atoms with Crippen molar-refractivity contribution in [3.8, 4) is 0 Å². The minimum Gasteiger partial charge on any atom is -1.00 e. The summed E-state index contributed by atoms with van der Waals surface area (Å²) in [4.78, 5) is 14.3. The minimum atomic E-state index is -3.40. The van der Waals surface area contributed by atoms with Crippen LogP contribution in [0.2, 0.25) is 3.34 Å². The third-order valence-corrected chi connectivity index (χ3v) is 19.7. The third kappa shape index (κ3) is 7.78. The molecule has 0 heterocycles. The Morgan fingerprint density at radius 2 is 0.547 bits per heavy atom. The average Bonchev–Trinajstić information content (AvgIpc) is 3.17. The van der Waals surface area contributed by atoms with Crippen molar-refractivity contribution in [1.29, 1.82) is 0 Å². The second kappa shape index (κ2) is 17.7. The maximum absolute atomic E-state index is 3.40. The van der Waals surface area contributed by atoms with Crippen molar-refractivity contribution in [3.05, 3.63) is 75.4 Å². The quantitative estimate of drug-likeness (QED) is 0.164. The van der Waals surface area contributed by atoms with Gasteiger partial charge in [0.25, 0.3) is 0 Å². The summed E-state index contributed by atoms with van der Waals surface area (Å²) in [5, 5.41) is 4.35. The van der Waals surface area contributed by atoms with Crippen LogP contribution in [-0.4, -0.2) is 92.6 Å². The zero-order valence-electron chi connectivity index (χ0n) is 35.8. The number of hydrogen-bond acceptors (Lipinski definition) is 6. The molecular weight excluding hydrogens is 771 g/mol. The van der Waals surface area contributed by atoms with E-state index >= 15 is 0 Å². The molecule has 0 atom stereocenters. The molecule has 3 aromatic carbocycles. The molecular formula is C42H63Cl3N6SiTi. The minimum absolute atomic E-state index is 0. The second-order valence-electron chi connectivity index (χ2n) is 15.9. The van der Waals surface area contributed by atoms with Gasteiger partial charge in [-0.2, -0.15) is 0 Å². The second-order valence-corrected chi connectivity index (χ2v) is 21.6. The van der Waals surface area contributed by atoms with Gasteiger partial charge < -0.3 is 37.2 Å². The Morgan fingerprint density at radius 3 is 0.698 bits per heavy atom. The molecule has 290 valence electrons. The zero-order valence-corrected chi connectivity index (χ0v) is 40.6. The molecule has 1 aliphatic rings. The largest absolute Gasteiger partial charge is 1.00 e. The van der Waals surface area contributed by atoms with Gasteiger partial charge >= 0.3 is 319 Å². The maximum atomic E-state index is 2.61. The Hall–Kier alpha value is -2.26. The molecule has 11 heteroatoms. The number of nitrogens with zero attached hydrogens (tertiary/aromatic N) is 6. The molecule has 0 aliphatic heterocycles. The van der Waals surface area contributed by atoms with Gasteiger partial charge in [0, 0.05) is 0 Å². The molecule has 0 saturated carbocycles. The van der Waals surface area contributed by atoms with Crippen LogP contribution < -0.4 is 82.2 Å². The number of anilines is 6. The molecule has 4 rings (SSSR count). The van der Waals surface area contributed by atoms with E-state index in [0.29, 0.717) is 0 Å². The molecule has 0 saturated heterocycles. The third-order valence-electron chi connectivity index (χ3n) is 11.1. The summed E-state index contributed by atoms with van der Waals surface area (Å²) >= 11 is 2.61. The van der Waals surface area contributed by atoms with E-state index in [2.05, 4.69) is 219 Å². The summed E-state index contributed by atoms with van der Waals surface area (Å²) in [6.45, 7) is 16.3. The van der Waals surface area contributed by atoms with Crippen LogP contribution in [0.3, 0.4) is 0 Å². The van der Waals surface area contributed by atoms with E-state index in [1.54, 1.807) is 0 Å². The van der Waals surface area contributed by atoms with Gasteiger partial charge in [-0.15, -0.1) is 0 Å².